The molecular weight excluding hydrogens is 176 g/mol. The van der Waals surface area contributed by atoms with Gasteiger partial charge in [-0.05, 0) is 5.56 Å². The Morgan fingerprint density at radius 1 is 1.29 bits per heavy atom. The smallest absolute Gasteiger partial charge is 0.0779 e. The van der Waals surface area contributed by atoms with Crippen LogP contribution in [-0.4, -0.2) is 25.3 Å². The summed E-state index contributed by atoms with van der Waals surface area (Å²) in [5, 5.41) is 3.45. The first-order valence-corrected chi connectivity index (χ1v) is 4.91. The summed E-state index contributed by atoms with van der Waals surface area (Å²) in [6.45, 7) is 2.97. The Kier molecular flexibility index (Phi) is 2.82. The molecule has 0 unspecified atom stereocenters. The maximum Gasteiger partial charge on any atom is 0.0779 e. The average Bonchev–Trinajstić information content (AvgIpc) is 2.19. The molecule has 76 valence electrons. The lowest BCUT2D eigenvalue weighted by atomic mass is 9.97. The van der Waals surface area contributed by atoms with Gasteiger partial charge in [0.1, 0.15) is 0 Å². The van der Waals surface area contributed by atoms with Gasteiger partial charge in [0.05, 0.1) is 18.8 Å². The molecule has 0 atom stereocenters. The van der Waals surface area contributed by atoms with E-state index in [2.05, 4.69) is 17.4 Å². The van der Waals surface area contributed by atoms with Gasteiger partial charge in [-0.3, -0.25) is 0 Å². The van der Waals surface area contributed by atoms with Crippen molar-refractivity contribution in [3.63, 3.8) is 0 Å². The highest BCUT2D eigenvalue weighted by Gasteiger charge is 2.36. The van der Waals surface area contributed by atoms with Crippen LogP contribution in [0.3, 0.4) is 0 Å². The third kappa shape index (κ3) is 1.95. The van der Waals surface area contributed by atoms with E-state index in [0.717, 1.165) is 19.8 Å². The Hall–Kier alpha value is -0.900. The first-order valence-electron chi connectivity index (χ1n) is 4.91. The summed E-state index contributed by atoms with van der Waals surface area (Å²) >= 11 is 0. The van der Waals surface area contributed by atoms with Gasteiger partial charge in [-0.25, -0.2) is 0 Å². The lowest BCUT2D eigenvalue weighted by Gasteiger charge is -2.41. The summed E-state index contributed by atoms with van der Waals surface area (Å²) in [4.78, 5) is 0. The molecule has 0 bridgehead atoms. The molecule has 0 radical (unpaired) electrons. The summed E-state index contributed by atoms with van der Waals surface area (Å²) in [5.74, 6) is 0. The summed E-state index contributed by atoms with van der Waals surface area (Å²) in [6, 6.07) is 10.3. The molecule has 3 N–H and O–H groups in total. The molecule has 1 heterocycles. The van der Waals surface area contributed by atoms with Crippen molar-refractivity contribution in [2.45, 2.75) is 12.1 Å². The molecule has 0 saturated carbocycles. The largest absolute Gasteiger partial charge is 0.377 e. The van der Waals surface area contributed by atoms with Gasteiger partial charge in [0.2, 0.25) is 0 Å². The van der Waals surface area contributed by atoms with E-state index >= 15 is 0 Å². The fourth-order valence-corrected chi connectivity index (χ4v) is 1.53. The molecular formula is C11H16N2O. The second-order valence-corrected chi connectivity index (χ2v) is 3.82. The standard InChI is InChI=1S/C11H16N2O/c12-7-11(8-14-9-11)13-6-10-4-2-1-3-5-10/h1-5,13H,6-9,12H2. The Balaban J connectivity index is 1.88. The number of benzene rings is 1. The quantitative estimate of drug-likeness (QED) is 0.730. The van der Waals surface area contributed by atoms with Crippen molar-refractivity contribution in [3.8, 4) is 0 Å². The highest BCUT2D eigenvalue weighted by molar-refractivity contribution is 5.15. The van der Waals surface area contributed by atoms with Crippen LogP contribution < -0.4 is 11.1 Å². The molecule has 1 aromatic carbocycles. The van der Waals surface area contributed by atoms with E-state index in [1.165, 1.54) is 5.56 Å². The van der Waals surface area contributed by atoms with E-state index in [0.29, 0.717) is 6.54 Å². The van der Waals surface area contributed by atoms with Gasteiger partial charge in [-0.15, -0.1) is 0 Å². The first kappa shape index (κ1) is 9.65. The predicted octanol–water partition coefficient (Wildman–Crippen LogP) is 0.504. The molecule has 3 nitrogen and oxygen atoms in total. The number of nitrogens with one attached hydrogen (secondary N) is 1. The van der Waals surface area contributed by atoms with Crippen LogP contribution in [0.2, 0.25) is 0 Å². The minimum absolute atomic E-state index is 0.0237. The Morgan fingerprint density at radius 3 is 2.50 bits per heavy atom. The summed E-state index contributed by atoms with van der Waals surface area (Å²) < 4.78 is 5.18. The molecule has 0 spiro atoms. The maximum atomic E-state index is 5.69. The van der Waals surface area contributed by atoms with Crippen molar-refractivity contribution >= 4 is 0 Å². The predicted molar refractivity (Wildman–Crippen MR) is 55.9 cm³/mol. The van der Waals surface area contributed by atoms with Crippen molar-refractivity contribution in [2.24, 2.45) is 5.73 Å². The van der Waals surface area contributed by atoms with E-state index in [-0.39, 0.29) is 5.54 Å². The van der Waals surface area contributed by atoms with Crippen molar-refractivity contribution in [2.75, 3.05) is 19.8 Å². The Bertz CT molecular complexity index is 277. The third-order valence-corrected chi connectivity index (χ3v) is 2.66. The minimum atomic E-state index is 0.0237. The van der Waals surface area contributed by atoms with E-state index in [1.807, 2.05) is 18.2 Å². The van der Waals surface area contributed by atoms with Gasteiger partial charge >= 0.3 is 0 Å². The molecule has 1 aromatic rings. The maximum absolute atomic E-state index is 5.69. The molecule has 1 fully saturated rings. The van der Waals surface area contributed by atoms with Crippen LogP contribution in [-0.2, 0) is 11.3 Å². The molecule has 0 amide bonds. The molecule has 1 aliphatic heterocycles. The average molecular weight is 192 g/mol. The Labute approximate surface area is 84.3 Å². The zero-order chi connectivity index (χ0) is 9.86. The highest BCUT2D eigenvalue weighted by atomic mass is 16.5. The van der Waals surface area contributed by atoms with Crippen molar-refractivity contribution in [1.82, 2.24) is 5.32 Å². The van der Waals surface area contributed by atoms with E-state index in [4.69, 9.17) is 10.5 Å². The second-order valence-electron chi connectivity index (χ2n) is 3.82. The van der Waals surface area contributed by atoms with Gasteiger partial charge in [0, 0.05) is 13.1 Å². The third-order valence-electron chi connectivity index (χ3n) is 2.66. The number of nitrogens with two attached hydrogens (primary N) is 1. The monoisotopic (exact) mass is 192 g/mol. The molecule has 3 heteroatoms. The van der Waals surface area contributed by atoms with Crippen LogP contribution in [0.1, 0.15) is 5.56 Å². The van der Waals surface area contributed by atoms with E-state index < -0.39 is 0 Å². The van der Waals surface area contributed by atoms with Crippen molar-refractivity contribution in [1.29, 1.82) is 0 Å². The zero-order valence-corrected chi connectivity index (χ0v) is 8.20. The fourth-order valence-electron chi connectivity index (χ4n) is 1.53. The molecule has 1 aliphatic rings. The Morgan fingerprint density at radius 2 is 2.00 bits per heavy atom. The van der Waals surface area contributed by atoms with Crippen molar-refractivity contribution in [3.05, 3.63) is 35.9 Å². The van der Waals surface area contributed by atoms with Crippen LogP contribution in [0, 0.1) is 0 Å². The highest BCUT2D eigenvalue weighted by Crippen LogP contribution is 2.15. The van der Waals surface area contributed by atoms with E-state index in [9.17, 15) is 0 Å². The topological polar surface area (TPSA) is 47.3 Å². The number of hydrogen-bond acceptors (Lipinski definition) is 3. The summed E-state index contributed by atoms with van der Waals surface area (Å²) in [6.07, 6.45) is 0. The van der Waals surface area contributed by atoms with Crippen molar-refractivity contribution < 1.29 is 4.74 Å². The second kappa shape index (κ2) is 4.09. The van der Waals surface area contributed by atoms with Gasteiger partial charge in [-0.2, -0.15) is 0 Å². The normalized spacial score (nSPS) is 18.9. The van der Waals surface area contributed by atoms with E-state index in [1.54, 1.807) is 0 Å². The minimum Gasteiger partial charge on any atom is -0.377 e. The van der Waals surface area contributed by atoms with Crippen LogP contribution in [0.25, 0.3) is 0 Å². The molecule has 1 saturated heterocycles. The molecule has 0 aliphatic carbocycles. The molecule has 0 aromatic heterocycles. The number of ether oxygens (including phenoxy) is 1. The first-order chi connectivity index (χ1) is 6.85. The van der Waals surface area contributed by atoms with Gasteiger partial charge in [-0.1, -0.05) is 30.3 Å². The van der Waals surface area contributed by atoms with Gasteiger partial charge in [0.25, 0.3) is 0 Å². The lowest BCUT2D eigenvalue weighted by Crippen LogP contribution is -2.64. The fraction of sp³-hybridized carbons (Fsp3) is 0.455. The zero-order valence-electron chi connectivity index (χ0n) is 8.20. The van der Waals surface area contributed by atoms with Crippen LogP contribution in [0.5, 0.6) is 0 Å². The van der Waals surface area contributed by atoms with Gasteiger partial charge < -0.3 is 15.8 Å². The number of hydrogen-bond donors (Lipinski definition) is 2. The van der Waals surface area contributed by atoms with Gasteiger partial charge in [0.15, 0.2) is 0 Å². The lowest BCUT2D eigenvalue weighted by molar-refractivity contribution is -0.0699. The van der Waals surface area contributed by atoms with Crippen LogP contribution in [0.4, 0.5) is 0 Å². The molecule has 2 rings (SSSR count). The molecule has 14 heavy (non-hydrogen) atoms. The number of rotatable bonds is 4. The summed E-state index contributed by atoms with van der Waals surface area (Å²) in [5.41, 5.74) is 7.00. The van der Waals surface area contributed by atoms with Crippen LogP contribution >= 0.6 is 0 Å². The summed E-state index contributed by atoms with van der Waals surface area (Å²) in [7, 11) is 0. The van der Waals surface area contributed by atoms with Crippen LogP contribution in [0.15, 0.2) is 30.3 Å². The SMILES string of the molecule is NCC1(NCc2ccccc2)COC1.